The van der Waals surface area contributed by atoms with Gasteiger partial charge in [-0.3, -0.25) is 5.54 Å². The first kappa shape index (κ1) is 19.1. The standard InChI is InChI=1S/C14H23Si3.K/c1-16(2,3)15(17(4,5)6)13-12-14-10-8-7-9-11-14;/h7-11H,1-6H3;/q-1;+1. The Morgan fingerprint density at radius 2 is 1.28 bits per heavy atom. The molecule has 0 fully saturated rings. The van der Waals surface area contributed by atoms with Gasteiger partial charge in [-0.05, 0) is 12.1 Å². The monoisotopic (exact) mass is 314 g/mol. The van der Waals surface area contributed by atoms with Gasteiger partial charge in [-0.1, -0.05) is 72.7 Å². The molecule has 1 rings (SSSR count). The topological polar surface area (TPSA) is 0 Å². The molecule has 0 spiro atoms. The Kier molecular flexibility index (Phi) is 8.20. The van der Waals surface area contributed by atoms with Gasteiger partial charge in [0.05, 0.1) is 0 Å². The van der Waals surface area contributed by atoms with E-state index in [1.807, 2.05) is 6.07 Å². The molecule has 0 aliphatic heterocycles. The Hall–Kier alpha value is 1.07. The van der Waals surface area contributed by atoms with E-state index >= 15 is 0 Å². The van der Waals surface area contributed by atoms with Crippen LogP contribution in [0.15, 0.2) is 30.3 Å². The number of benzene rings is 1. The van der Waals surface area contributed by atoms with Crippen LogP contribution >= 0.6 is 0 Å². The van der Waals surface area contributed by atoms with E-state index in [-0.39, 0.29) is 51.4 Å². The van der Waals surface area contributed by atoms with E-state index in [0.29, 0.717) is 0 Å². The molecule has 0 N–H and O–H groups in total. The van der Waals surface area contributed by atoms with E-state index in [1.165, 1.54) is 5.56 Å². The second-order valence-corrected chi connectivity index (χ2v) is 30.0. The van der Waals surface area contributed by atoms with Gasteiger partial charge in [0.1, 0.15) is 0 Å². The van der Waals surface area contributed by atoms with E-state index < -0.39 is 23.0 Å². The molecule has 0 aromatic heterocycles. The van der Waals surface area contributed by atoms with Gasteiger partial charge in [0.2, 0.25) is 0 Å². The van der Waals surface area contributed by atoms with Crippen LogP contribution < -0.4 is 51.4 Å². The molecule has 0 heterocycles. The molecular weight excluding hydrogens is 292 g/mol. The first-order valence-electron chi connectivity index (χ1n) is 6.16. The number of hydrogen-bond donors (Lipinski definition) is 0. The Labute approximate surface area is 159 Å². The molecule has 0 aliphatic carbocycles. The number of rotatable bonds is 2. The minimum Gasteiger partial charge on any atom is -0.297 e. The zero-order valence-corrected chi connectivity index (χ0v) is 19.0. The normalized spacial score (nSPS) is 11.0. The van der Waals surface area contributed by atoms with Gasteiger partial charge in [0.15, 0.2) is 0 Å². The van der Waals surface area contributed by atoms with Crippen molar-refractivity contribution < 1.29 is 51.4 Å². The van der Waals surface area contributed by atoms with E-state index in [2.05, 4.69) is 75.0 Å². The molecule has 0 unspecified atom stereocenters. The molecule has 1 aromatic carbocycles. The molecule has 0 radical (unpaired) electrons. The SMILES string of the molecule is C[Si](C)(C)[Si-](C#Cc1ccccc1)[Si](C)(C)C.[K+]. The summed E-state index contributed by atoms with van der Waals surface area (Å²) in [5.74, 6) is 3.42. The van der Waals surface area contributed by atoms with Crippen molar-refractivity contribution >= 4 is 23.0 Å². The summed E-state index contributed by atoms with van der Waals surface area (Å²) in [6.45, 7) is 14.9. The summed E-state index contributed by atoms with van der Waals surface area (Å²) in [5.41, 5.74) is 4.86. The molecule has 0 aliphatic rings. The van der Waals surface area contributed by atoms with Gasteiger partial charge in [0.25, 0.3) is 0 Å². The van der Waals surface area contributed by atoms with Gasteiger partial charge in [-0.25, -0.2) is 7.83 Å². The van der Waals surface area contributed by atoms with Gasteiger partial charge >= 0.3 is 51.4 Å². The van der Waals surface area contributed by atoms with Crippen LogP contribution in [0.25, 0.3) is 0 Å². The van der Waals surface area contributed by atoms with Crippen LogP contribution in [0.3, 0.4) is 0 Å². The van der Waals surface area contributed by atoms with Crippen molar-refractivity contribution in [3.63, 3.8) is 0 Å². The fourth-order valence-corrected chi connectivity index (χ4v) is 35.1. The van der Waals surface area contributed by atoms with Crippen molar-refractivity contribution in [3.8, 4) is 11.5 Å². The summed E-state index contributed by atoms with van der Waals surface area (Å²) < 4.78 is 0. The average Bonchev–Trinajstić information content (AvgIpc) is 2.15. The summed E-state index contributed by atoms with van der Waals surface area (Å²) in [6, 6.07) is 10.4. The Bertz CT molecular complexity index is 404. The molecule has 1 aromatic rings. The van der Waals surface area contributed by atoms with Gasteiger partial charge in [-0.2, -0.15) is 0 Å². The van der Waals surface area contributed by atoms with Crippen LogP contribution in [-0.4, -0.2) is 23.0 Å². The molecule has 0 bridgehead atoms. The zero-order chi connectivity index (χ0) is 13.1. The quantitative estimate of drug-likeness (QED) is 0.562. The second-order valence-electron chi connectivity index (χ2n) is 6.49. The Balaban J connectivity index is 0.00000289. The maximum absolute atomic E-state index is 3.69. The van der Waals surface area contributed by atoms with Crippen LogP contribution in [0.4, 0.5) is 0 Å². The van der Waals surface area contributed by atoms with Crippen LogP contribution in [0.2, 0.25) is 39.3 Å². The molecule has 4 heteroatoms. The first-order chi connectivity index (χ1) is 7.71. The van der Waals surface area contributed by atoms with Crippen molar-refractivity contribution in [2.24, 2.45) is 0 Å². The van der Waals surface area contributed by atoms with Crippen LogP contribution in [0.5, 0.6) is 0 Å². The smallest absolute Gasteiger partial charge is 0.297 e. The van der Waals surface area contributed by atoms with Crippen LogP contribution in [0.1, 0.15) is 5.56 Å². The predicted molar refractivity (Wildman–Crippen MR) is 85.8 cm³/mol. The fourth-order valence-electron chi connectivity index (χ4n) is 2.16. The molecule has 0 saturated carbocycles. The second kappa shape index (κ2) is 7.74. The van der Waals surface area contributed by atoms with E-state index in [9.17, 15) is 0 Å². The largest absolute Gasteiger partial charge is 1.00 e. The minimum absolute atomic E-state index is 0. The van der Waals surface area contributed by atoms with Crippen molar-refractivity contribution in [2.45, 2.75) is 39.3 Å². The summed E-state index contributed by atoms with van der Waals surface area (Å²) in [5, 5.41) is 0. The Morgan fingerprint density at radius 3 is 1.67 bits per heavy atom. The summed E-state index contributed by atoms with van der Waals surface area (Å²) in [4.78, 5) is 0. The summed E-state index contributed by atoms with van der Waals surface area (Å²) in [6.07, 6.45) is 0. The maximum atomic E-state index is 3.69. The van der Waals surface area contributed by atoms with Crippen LogP contribution in [0, 0.1) is 11.5 Å². The molecule has 0 saturated heterocycles. The average molecular weight is 315 g/mol. The molecule has 0 amide bonds. The maximum Gasteiger partial charge on any atom is 1.00 e. The molecule has 92 valence electrons. The first-order valence-corrected chi connectivity index (χ1v) is 16.7. The van der Waals surface area contributed by atoms with Crippen LogP contribution in [-0.2, 0) is 0 Å². The van der Waals surface area contributed by atoms with Gasteiger partial charge in [-0.15, -0.1) is 5.92 Å². The van der Waals surface area contributed by atoms with Crippen molar-refractivity contribution in [1.82, 2.24) is 0 Å². The molecule has 18 heavy (non-hydrogen) atoms. The fraction of sp³-hybridized carbons (Fsp3) is 0.429. The van der Waals surface area contributed by atoms with E-state index in [4.69, 9.17) is 0 Å². The summed E-state index contributed by atoms with van der Waals surface area (Å²) >= 11 is 0. The zero-order valence-electron chi connectivity index (χ0n) is 12.9. The predicted octanol–water partition coefficient (Wildman–Crippen LogP) is 0.909. The van der Waals surface area contributed by atoms with Gasteiger partial charge in [0, 0.05) is 5.56 Å². The van der Waals surface area contributed by atoms with E-state index in [0.717, 1.165) is 0 Å². The molecule has 0 nitrogen and oxygen atoms in total. The summed E-state index contributed by atoms with van der Waals surface area (Å²) in [7, 11) is -2.63. The minimum atomic E-state index is -1.09. The molecule has 0 atom stereocenters. The number of hydrogen-bond acceptors (Lipinski definition) is 0. The molecular formula is C14H23KSi3. The Morgan fingerprint density at radius 1 is 0.833 bits per heavy atom. The van der Waals surface area contributed by atoms with Crippen molar-refractivity contribution in [2.75, 3.05) is 0 Å². The third-order valence-corrected chi connectivity index (χ3v) is 29.2. The van der Waals surface area contributed by atoms with Crippen molar-refractivity contribution in [3.05, 3.63) is 35.9 Å². The third kappa shape index (κ3) is 6.48. The van der Waals surface area contributed by atoms with Gasteiger partial charge < -0.3 is 0 Å². The van der Waals surface area contributed by atoms with E-state index in [1.54, 1.807) is 0 Å². The van der Waals surface area contributed by atoms with Crippen molar-refractivity contribution in [1.29, 1.82) is 0 Å². The third-order valence-electron chi connectivity index (χ3n) is 2.61.